The largest absolute Gasteiger partial charge is 0.324 e. The molecule has 1 nitrogen and oxygen atoms in total. The summed E-state index contributed by atoms with van der Waals surface area (Å²) < 4.78 is 14.2. The summed E-state index contributed by atoms with van der Waals surface area (Å²) in [6, 6.07) is 10.0. The van der Waals surface area contributed by atoms with Gasteiger partial charge in [0.15, 0.2) is 0 Å². The van der Waals surface area contributed by atoms with Crippen molar-refractivity contribution in [2.24, 2.45) is 5.73 Å². The predicted octanol–water partition coefficient (Wildman–Crippen LogP) is 4.79. The molecule has 1 unspecified atom stereocenters. The molecule has 0 aliphatic heterocycles. The molecule has 2 aromatic carbocycles. The number of hydrogen-bond acceptors (Lipinski definition) is 1. The first kappa shape index (κ1) is 14.5. The molecule has 0 amide bonds. The SMILES string of the molecule is Cc1ccc(F)cc1CC(N)c1cc(Cl)ccc1Br. The lowest BCUT2D eigenvalue weighted by Crippen LogP contribution is -2.14. The quantitative estimate of drug-likeness (QED) is 0.852. The fourth-order valence-corrected chi connectivity index (χ4v) is 2.73. The normalized spacial score (nSPS) is 12.5. The average Bonchev–Trinajstić information content (AvgIpc) is 2.36. The van der Waals surface area contributed by atoms with Crippen LogP contribution < -0.4 is 5.73 Å². The summed E-state index contributed by atoms with van der Waals surface area (Å²) >= 11 is 9.45. The lowest BCUT2D eigenvalue weighted by molar-refractivity contribution is 0.621. The van der Waals surface area contributed by atoms with Gasteiger partial charge in [-0.15, -0.1) is 0 Å². The Hall–Kier alpha value is -0.900. The zero-order valence-electron chi connectivity index (χ0n) is 10.5. The highest BCUT2D eigenvalue weighted by Crippen LogP contribution is 2.28. The summed E-state index contributed by atoms with van der Waals surface area (Å²) in [5, 5.41) is 0.643. The first-order valence-corrected chi connectivity index (χ1v) is 7.10. The first-order valence-electron chi connectivity index (χ1n) is 5.93. The van der Waals surface area contributed by atoms with Gasteiger partial charge in [0.1, 0.15) is 5.82 Å². The molecule has 2 aromatic rings. The van der Waals surface area contributed by atoms with Gasteiger partial charge in [0.25, 0.3) is 0 Å². The molecule has 19 heavy (non-hydrogen) atoms. The van der Waals surface area contributed by atoms with E-state index in [-0.39, 0.29) is 11.9 Å². The maximum atomic E-state index is 13.3. The second-order valence-corrected chi connectivity index (χ2v) is 5.84. The molecule has 0 fully saturated rings. The Balaban J connectivity index is 2.27. The minimum Gasteiger partial charge on any atom is -0.324 e. The van der Waals surface area contributed by atoms with E-state index in [9.17, 15) is 4.39 Å². The molecule has 0 aromatic heterocycles. The molecule has 0 bridgehead atoms. The van der Waals surface area contributed by atoms with Crippen molar-refractivity contribution in [2.45, 2.75) is 19.4 Å². The second kappa shape index (κ2) is 6.04. The minimum absolute atomic E-state index is 0.228. The highest BCUT2D eigenvalue weighted by molar-refractivity contribution is 9.10. The van der Waals surface area contributed by atoms with Gasteiger partial charge in [0.05, 0.1) is 0 Å². The molecule has 0 saturated heterocycles. The first-order chi connectivity index (χ1) is 8.97. The van der Waals surface area contributed by atoms with E-state index in [1.54, 1.807) is 12.1 Å². The Labute approximate surface area is 125 Å². The third-order valence-electron chi connectivity index (χ3n) is 3.11. The molecule has 0 heterocycles. The lowest BCUT2D eigenvalue weighted by atomic mass is 9.97. The topological polar surface area (TPSA) is 26.0 Å². The van der Waals surface area contributed by atoms with Crippen LogP contribution in [0.25, 0.3) is 0 Å². The fraction of sp³-hybridized carbons (Fsp3) is 0.200. The van der Waals surface area contributed by atoms with Gasteiger partial charge in [0.2, 0.25) is 0 Å². The van der Waals surface area contributed by atoms with E-state index in [0.717, 1.165) is 21.2 Å². The van der Waals surface area contributed by atoms with Gasteiger partial charge in [-0.25, -0.2) is 4.39 Å². The fourth-order valence-electron chi connectivity index (χ4n) is 2.01. The molecule has 2 N–H and O–H groups in total. The number of rotatable bonds is 3. The van der Waals surface area contributed by atoms with Crippen LogP contribution in [0.4, 0.5) is 4.39 Å². The number of benzene rings is 2. The molecule has 0 spiro atoms. The maximum absolute atomic E-state index is 13.3. The third kappa shape index (κ3) is 3.56. The van der Waals surface area contributed by atoms with Crippen LogP contribution in [0.1, 0.15) is 22.7 Å². The van der Waals surface area contributed by atoms with Crippen LogP contribution in [0.5, 0.6) is 0 Å². The van der Waals surface area contributed by atoms with Gasteiger partial charge in [-0.3, -0.25) is 0 Å². The van der Waals surface area contributed by atoms with E-state index in [1.165, 1.54) is 12.1 Å². The van der Waals surface area contributed by atoms with Crippen molar-refractivity contribution in [1.82, 2.24) is 0 Å². The van der Waals surface area contributed by atoms with Crippen LogP contribution in [0.2, 0.25) is 5.02 Å². The zero-order chi connectivity index (χ0) is 14.0. The van der Waals surface area contributed by atoms with E-state index in [1.807, 2.05) is 19.1 Å². The van der Waals surface area contributed by atoms with Crippen LogP contribution in [-0.2, 0) is 6.42 Å². The Morgan fingerprint density at radius 1 is 1.26 bits per heavy atom. The van der Waals surface area contributed by atoms with E-state index >= 15 is 0 Å². The van der Waals surface area contributed by atoms with Crippen molar-refractivity contribution in [3.63, 3.8) is 0 Å². The molecule has 0 aliphatic rings. The maximum Gasteiger partial charge on any atom is 0.123 e. The van der Waals surface area contributed by atoms with Crippen LogP contribution >= 0.6 is 27.5 Å². The molecule has 2 rings (SSSR count). The minimum atomic E-state index is -0.238. The van der Waals surface area contributed by atoms with E-state index in [4.69, 9.17) is 17.3 Å². The predicted molar refractivity (Wildman–Crippen MR) is 80.9 cm³/mol. The zero-order valence-corrected chi connectivity index (χ0v) is 12.8. The van der Waals surface area contributed by atoms with Crippen LogP contribution in [0, 0.1) is 12.7 Å². The van der Waals surface area contributed by atoms with Crippen LogP contribution in [0.15, 0.2) is 40.9 Å². The second-order valence-electron chi connectivity index (χ2n) is 4.55. The Morgan fingerprint density at radius 2 is 2.00 bits per heavy atom. The Kier molecular flexibility index (Phi) is 4.61. The molecule has 0 saturated carbocycles. The van der Waals surface area contributed by atoms with E-state index in [0.29, 0.717) is 11.4 Å². The van der Waals surface area contributed by atoms with Gasteiger partial charge in [-0.1, -0.05) is 33.6 Å². The van der Waals surface area contributed by atoms with Crippen molar-refractivity contribution in [3.8, 4) is 0 Å². The number of aryl methyl sites for hydroxylation is 1. The molecular formula is C15H14BrClFN. The third-order valence-corrected chi connectivity index (χ3v) is 4.07. The molecule has 4 heteroatoms. The van der Waals surface area contributed by atoms with E-state index < -0.39 is 0 Å². The molecule has 0 radical (unpaired) electrons. The van der Waals surface area contributed by atoms with E-state index in [2.05, 4.69) is 15.9 Å². The molecular weight excluding hydrogens is 329 g/mol. The van der Waals surface area contributed by atoms with Gasteiger partial charge in [-0.2, -0.15) is 0 Å². The van der Waals surface area contributed by atoms with Gasteiger partial charge >= 0.3 is 0 Å². The summed E-state index contributed by atoms with van der Waals surface area (Å²) in [4.78, 5) is 0. The molecule has 100 valence electrons. The number of halogens is 3. The molecule has 0 aliphatic carbocycles. The van der Waals surface area contributed by atoms with Crippen molar-refractivity contribution < 1.29 is 4.39 Å². The van der Waals surface area contributed by atoms with Crippen molar-refractivity contribution in [1.29, 1.82) is 0 Å². The Bertz CT molecular complexity index is 601. The van der Waals surface area contributed by atoms with Crippen LogP contribution in [-0.4, -0.2) is 0 Å². The van der Waals surface area contributed by atoms with Gasteiger partial charge in [0, 0.05) is 15.5 Å². The van der Waals surface area contributed by atoms with Gasteiger partial charge in [-0.05, 0) is 60.4 Å². The summed E-state index contributed by atoms with van der Waals surface area (Å²) in [5.74, 6) is -0.238. The summed E-state index contributed by atoms with van der Waals surface area (Å²) in [7, 11) is 0. The summed E-state index contributed by atoms with van der Waals surface area (Å²) in [5.41, 5.74) is 9.08. The average molecular weight is 343 g/mol. The Morgan fingerprint density at radius 3 is 2.74 bits per heavy atom. The number of nitrogens with two attached hydrogens (primary N) is 1. The van der Waals surface area contributed by atoms with Crippen molar-refractivity contribution in [2.75, 3.05) is 0 Å². The van der Waals surface area contributed by atoms with Crippen molar-refractivity contribution in [3.05, 3.63) is 68.4 Å². The summed E-state index contributed by atoms with van der Waals surface area (Å²) in [6.45, 7) is 1.95. The van der Waals surface area contributed by atoms with Crippen LogP contribution in [0.3, 0.4) is 0 Å². The highest BCUT2D eigenvalue weighted by Gasteiger charge is 2.13. The monoisotopic (exact) mass is 341 g/mol. The smallest absolute Gasteiger partial charge is 0.123 e. The highest BCUT2D eigenvalue weighted by atomic mass is 79.9. The van der Waals surface area contributed by atoms with Crippen molar-refractivity contribution >= 4 is 27.5 Å². The number of hydrogen-bond donors (Lipinski definition) is 1. The summed E-state index contributed by atoms with van der Waals surface area (Å²) in [6.07, 6.45) is 0.572. The standard InChI is InChI=1S/C15H14BrClFN/c1-9-2-4-12(18)6-10(9)7-15(19)13-8-11(17)3-5-14(13)16/h2-6,8,15H,7,19H2,1H3. The molecule has 1 atom stereocenters. The lowest BCUT2D eigenvalue weighted by Gasteiger charge is -2.16. The van der Waals surface area contributed by atoms with Gasteiger partial charge < -0.3 is 5.73 Å².